The molecule has 1 aliphatic carbocycles. The molecule has 3 aromatic rings. The van der Waals surface area contributed by atoms with Crippen molar-refractivity contribution in [3.05, 3.63) is 82.9 Å². The molecule has 0 nitrogen and oxygen atoms in total. The van der Waals surface area contributed by atoms with Crippen LogP contribution in [0.3, 0.4) is 0 Å². The van der Waals surface area contributed by atoms with Gasteiger partial charge in [0, 0.05) is 11.1 Å². The standard InChI is InChI=1S/C27H28/c1-3-21-8-16-27-19-23(11-17-26(27)18-21)7-6-22-9-14-25(15-10-22)24-12-4-20(2)5-13-24/h8-11,14-20,24H,3-5,12-13H2,1-2H3. The highest BCUT2D eigenvalue weighted by atomic mass is 14.2. The van der Waals surface area contributed by atoms with Gasteiger partial charge < -0.3 is 0 Å². The minimum Gasteiger partial charge on any atom is -0.0625 e. The number of fused-ring (bicyclic) bond motifs is 1. The largest absolute Gasteiger partial charge is 0.0625 e. The first-order chi connectivity index (χ1) is 13.2. The fourth-order valence-corrected chi connectivity index (χ4v) is 4.17. The first-order valence-corrected chi connectivity index (χ1v) is 10.4. The van der Waals surface area contributed by atoms with E-state index >= 15 is 0 Å². The molecule has 0 spiro atoms. The molecule has 0 amide bonds. The first kappa shape index (κ1) is 17.9. The molecule has 0 heteroatoms. The van der Waals surface area contributed by atoms with Gasteiger partial charge in [0.05, 0.1) is 0 Å². The number of rotatable bonds is 2. The van der Waals surface area contributed by atoms with Crippen molar-refractivity contribution in [2.24, 2.45) is 5.92 Å². The molecule has 27 heavy (non-hydrogen) atoms. The van der Waals surface area contributed by atoms with E-state index in [1.54, 1.807) is 0 Å². The van der Waals surface area contributed by atoms with Gasteiger partial charge in [0.15, 0.2) is 0 Å². The Morgan fingerprint density at radius 1 is 0.741 bits per heavy atom. The van der Waals surface area contributed by atoms with Gasteiger partial charge >= 0.3 is 0 Å². The second kappa shape index (κ2) is 8.01. The van der Waals surface area contributed by atoms with Crippen LogP contribution < -0.4 is 0 Å². The Kier molecular flexibility index (Phi) is 5.30. The fraction of sp³-hybridized carbons (Fsp3) is 0.333. The highest BCUT2D eigenvalue weighted by Crippen LogP contribution is 2.35. The van der Waals surface area contributed by atoms with Crippen LogP contribution in [0.2, 0.25) is 0 Å². The van der Waals surface area contributed by atoms with Crippen molar-refractivity contribution in [1.82, 2.24) is 0 Å². The summed E-state index contributed by atoms with van der Waals surface area (Å²) in [5, 5.41) is 2.56. The minimum atomic E-state index is 0.747. The fourth-order valence-electron chi connectivity index (χ4n) is 4.17. The highest BCUT2D eigenvalue weighted by molar-refractivity contribution is 5.84. The summed E-state index contributed by atoms with van der Waals surface area (Å²) in [7, 11) is 0. The van der Waals surface area contributed by atoms with Crippen LogP contribution in [0.25, 0.3) is 10.8 Å². The lowest BCUT2D eigenvalue weighted by Crippen LogP contribution is -2.10. The van der Waals surface area contributed by atoms with Crippen LogP contribution in [0, 0.1) is 17.8 Å². The number of benzene rings is 3. The van der Waals surface area contributed by atoms with E-state index in [4.69, 9.17) is 0 Å². The molecule has 0 radical (unpaired) electrons. The summed E-state index contributed by atoms with van der Waals surface area (Å²) in [5.74, 6) is 8.32. The van der Waals surface area contributed by atoms with Crippen LogP contribution >= 0.6 is 0 Å². The van der Waals surface area contributed by atoms with Crippen molar-refractivity contribution in [1.29, 1.82) is 0 Å². The molecule has 0 aliphatic heterocycles. The van der Waals surface area contributed by atoms with E-state index in [2.05, 4.69) is 86.4 Å². The van der Waals surface area contributed by atoms with Gasteiger partial charge in [-0.15, -0.1) is 0 Å². The Morgan fingerprint density at radius 3 is 2.11 bits per heavy atom. The molecule has 3 aromatic carbocycles. The Bertz CT molecular complexity index is 974. The zero-order valence-electron chi connectivity index (χ0n) is 16.5. The smallest absolute Gasteiger partial charge is 0.0255 e. The number of aryl methyl sites for hydroxylation is 1. The molecule has 0 saturated heterocycles. The third-order valence-electron chi connectivity index (χ3n) is 6.06. The van der Waals surface area contributed by atoms with Crippen LogP contribution in [0.15, 0.2) is 60.7 Å². The van der Waals surface area contributed by atoms with E-state index < -0.39 is 0 Å². The molecule has 0 bridgehead atoms. The molecular formula is C27H28. The van der Waals surface area contributed by atoms with E-state index in [1.807, 2.05) is 0 Å². The summed E-state index contributed by atoms with van der Waals surface area (Å²) in [5.41, 5.74) is 5.06. The summed E-state index contributed by atoms with van der Waals surface area (Å²) in [6.45, 7) is 4.57. The quantitative estimate of drug-likeness (QED) is 0.432. The van der Waals surface area contributed by atoms with Crippen molar-refractivity contribution >= 4 is 10.8 Å². The van der Waals surface area contributed by atoms with Crippen LogP contribution in [0.1, 0.15) is 67.7 Å². The lowest BCUT2D eigenvalue weighted by Gasteiger charge is -2.26. The molecule has 0 unspecified atom stereocenters. The van der Waals surface area contributed by atoms with Crippen LogP contribution in [0.4, 0.5) is 0 Å². The average molecular weight is 353 g/mol. The van der Waals surface area contributed by atoms with Gasteiger partial charge in [-0.1, -0.05) is 74.9 Å². The van der Waals surface area contributed by atoms with Crippen molar-refractivity contribution in [2.75, 3.05) is 0 Å². The van der Waals surface area contributed by atoms with Crippen LogP contribution in [-0.2, 0) is 6.42 Å². The van der Waals surface area contributed by atoms with Gasteiger partial charge in [-0.05, 0) is 77.3 Å². The second-order valence-corrected chi connectivity index (χ2v) is 8.08. The minimum absolute atomic E-state index is 0.747. The third-order valence-corrected chi connectivity index (χ3v) is 6.06. The van der Waals surface area contributed by atoms with Gasteiger partial charge in [0.25, 0.3) is 0 Å². The Morgan fingerprint density at radius 2 is 1.37 bits per heavy atom. The van der Waals surface area contributed by atoms with E-state index in [1.165, 1.54) is 47.6 Å². The van der Waals surface area contributed by atoms with Crippen molar-refractivity contribution < 1.29 is 0 Å². The number of hydrogen-bond donors (Lipinski definition) is 0. The molecule has 1 fully saturated rings. The molecular weight excluding hydrogens is 324 g/mol. The van der Waals surface area contributed by atoms with E-state index in [-0.39, 0.29) is 0 Å². The zero-order chi connectivity index (χ0) is 18.6. The maximum atomic E-state index is 3.34. The van der Waals surface area contributed by atoms with E-state index in [0.29, 0.717) is 0 Å². The normalized spacial score (nSPS) is 19.5. The van der Waals surface area contributed by atoms with Gasteiger partial charge in [-0.3, -0.25) is 0 Å². The van der Waals surface area contributed by atoms with Crippen molar-refractivity contribution in [2.45, 2.75) is 51.9 Å². The van der Waals surface area contributed by atoms with Gasteiger partial charge in [0.2, 0.25) is 0 Å². The van der Waals surface area contributed by atoms with Gasteiger partial charge in [-0.25, -0.2) is 0 Å². The van der Waals surface area contributed by atoms with E-state index in [9.17, 15) is 0 Å². The van der Waals surface area contributed by atoms with Crippen molar-refractivity contribution in [3.8, 4) is 11.8 Å². The topological polar surface area (TPSA) is 0 Å². The predicted octanol–water partition coefficient (Wildman–Crippen LogP) is 7.10. The molecule has 0 atom stereocenters. The summed E-state index contributed by atoms with van der Waals surface area (Å²) < 4.78 is 0. The van der Waals surface area contributed by atoms with E-state index in [0.717, 1.165) is 29.4 Å². The SMILES string of the molecule is CCc1ccc2cc(C#Cc3ccc(C4CCC(C)CC4)cc3)ccc2c1. The highest BCUT2D eigenvalue weighted by Gasteiger charge is 2.19. The number of hydrogen-bond acceptors (Lipinski definition) is 0. The molecule has 0 N–H and O–H groups in total. The maximum Gasteiger partial charge on any atom is 0.0255 e. The van der Waals surface area contributed by atoms with Crippen LogP contribution in [-0.4, -0.2) is 0 Å². The predicted molar refractivity (Wildman–Crippen MR) is 116 cm³/mol. The van der Waals surface area contributed by atoms with Crippen LogP contribution in [0.5, 0.6) is 0 Å². The average Bonchev–Trinajstić information content (AvgIpc) is 2.72. The van der Waals surface area contributed by atoms with Crippen molar-refractivity contribution in [3.63, 3.8) is 0 Å². The Hall–Kier alpha value is -2.52. The summed E-state index contributed by atoms with van der Waals surface area (Å²) >= 11 is 0. The molecule has 1 aliphatic rings. The third kappa shape index (κ3) is 4.25. The van der Waals surface area contributed by atoms with Gasteiger partial charge in [-0.2, -0.15) is 0 Å². The summed E-state index contributed by atoms with van der Waals surface area (Å²) in [4.78, 5) is 0. The molecule has 0 heterocycles. The molecule has 1 saturated carbocycles. The monoisotopic (exact) mass is 352 g/mol. The lowest BCUT2D eigenvalue weighted by atomic mass is 9.79. The lowest BCUT2D eigenvalue weighted by molar-refractivity contribution is 0.348. The first-order valence-electron chi connectivity index (χ1n) is 10.4. The molecule has 136 valence electrons. The summed E-state index contributed by atoms with van der Waals surface area (Å²) in [6, 6.07) is 22.2. The summed E-state index contributed by atoms with van der Waals surface area (Å²) in [6.07, 6.45) is 6.49. The zero-order valence-corrected chi connectivity index (χ0v) is 16.5. The second-order valence-electron chi connectivity index (χ2n) is 8.08. The Balaban J connectivity index is 1.49. The van der Waals surface area contributed by atoms with Gasteiger partial charge in [0.1, 0.15) is 0 Å². The maximum absolute atomic E-state index is 3.34. The molecule has 0 aromatic heterocycles. The molecule has 4 rings (SSSR count). The Labute approximate surface area is 163 Å².